The van der Waals surface area contributed by atoms with E-state index in [-0.39, 0.29) is 11.7 Å². The smallest absolute Gasteiger partial charge is 0.285 e. The minimum Gasteiger partial charge on any atom is -0.285 e. The fraction of sp³-hybridized carbons (Fsp3) is 0.909. The fourth-order valence-corrected chi connectivity index (χ4v) is 4.94. The van der Waals surface area contributed by atoms with Crippen molar-refractivity contribution in [3.63, 3.8) is 0 Å². The Kier molecular flexibility index (Phi) is 8.90. The molecule has 0 N–H and O–H groups in total. The lowest BCUT2D eigenvalue weighted by atomic mass is 9.90. The van der Waals surface area contributed by atoms with Crippen molar-refractivity contribution in [3.8, 4) is 0 Å². The van der Waals surface area contributed by atoms with Crippen LogP contribution in [0.3, 0.4) is 0 Å². The predicted molar refractivity (Wildman–Crippen MR) is 135 cm³/mol. The summed E-state index contributed by atoms with van der Waals surface area (Å²) in [6.07, 6.45) is -3.15. The van der Waals surface area contributed by atoms with Gasteiger partial charge in [-0.25, -0.2) is 4.90 Å². The minimum absolute atomic E-state index is 0.0819. The Morgan fingerprint density at radius 2 is 1.06 bits per heavy atom. The second kappa shape index (κ2) is 10.3. The molecule has 0 bridgehead atoms. The van der Waals surface area contributed by atoms with Crippen LogP contribution in [0.1, 0.15) is 81.1 Å². The van der Waals surface area contributed by atoms with Crippen LogP contribution < -0.4 is 0 Å². The lowest BCUT2D eigenvalue weighted by Crippen LogP contribution is -2.61. The summed E-state index contributed by atoms with van der Waals surface area (Å²) < 4.78 is 41.8. The van der Waals surface area contributed by atoms with E-state index in [1.165, 1.54) is 9.91 Å². The van der Waals surface area contributed by atoms with Gasteiger partial charge in [-0.2, -0.15) is 10.2 Å². The highest BCUT2D eigenvalue weighted by Crippen LogP contribution is 2.46. The van der Waals surface area contributed by atoms with Gasteiger partial charge >= 0.3 is 6.30 Å². The minimum atomic E-state index is -4.71. The lowest BCUT2D eigenvalue weighted by molar-refractivity contribution is -0.247. The van der Waals surface area contributed by atoms with Crippen molar-refractivity contribution >= 4 is 46.5 Å². The first kappa shape index (κ1) is 29.4. The first-order chi connectivity index (χ1) is 15.4. The summed E-state index contributed by atoms with van der Waals surface area (Å²) in [4.78, 5) is 1.74. The summed E-state index contributed by atoms with van der Waals surface area (Å²) >= 11 is 19.2. The Morgan fingerprint density at radius 1 is 0.706 bits per heavy atom. The van der Waals surface area contributed by atoms with E-state index >= 15 is 0 Å². The van der Waals surface area contributed by atoms with Gasteiger partial charge in [0.25, 0.3) is 3.92 Å². The molecule has 2 heterocycles. The predicted octanol–water partition coefficient (Wildman–Crippen LogP) is 7.04. The molecule has 0 spiro atoms. The number of hydrazone groups is 2. The standard InChI is InChI=1S/C22H38Cl3F3N6/c1-9-11-13-31-17(19(3,4)5)33(21(23,24)25)15(29-31)16-30-32(14-12-10-2)18(20(6,7)8)34(16)22(26,27)28/h17-18H,9-14H2,1-8H3. The van der Waals surface area contributed by atoms with Gasteiger partial charge in [-0.05, 0) is 12.8 Å². The second-order valence-electron chi connectivity index (χ2n) is 11.0. The fourth-order valence-electron chi connectivity index (χ4n) is 4.42. The highest BCUT2D eigenvalue weighted by molar-refractivity contribution is 6.68. The first-order valence-electron chi connectivity index (χ1n) is 11.8. The van der Waals surface area contributed by atoms with Crippen molar-refractivity contribution in [2.75, 3.05) is 13.1 Å². The number of amidine groups is 2. The van der Waals surface area contributed by atoms with Gasteiger partial charge in [0, 0.05) is 23.9 Å². The molecular formula is C22H38Cl3F3N6. The molecule has 2 rings (SSSR count). The molecule has 0 saturated carbocycles. The molecule has 0 aliphatic carbocycles. The average Bonchev–Trinajstić information content (AvgIpc) is 3.22. The maximum atomic E-state index is 14.6. The highest BCUT2D eigenvalue weighted by Gasteiger charge is 2.59. The van der Waals surface area contributed by atoms with Crippen molar-refractivity contribution in [2.24, 2.45) is 21.0 Å². The molecule has 0 aromatic heterocycles. The van der Waals surface area contributed by atoms with Crippen LogP contribution in [0.25, 0.3) is 0 Å². The summed E-state index contributed by atoms with van der Waals surface area (Å²) in [5.41, 5.74) is -1.26. The Labute approximate surface area is 217 Å². The molecule has 0 amide bonds. The van der Waals surface area contributed by atoms with Crippen LogP contribution in [0.4, 0.5) is 13.2 Å². The molecule has 0 radical (unpaired) electrons. The quantitative estimate of drug-likeness (QED) is 0.252. The van der Waals surface area contributed by atoms with Gasteiger partial charge in [0.15, 0.2) is 5.84 Å². The number of halogens is 6. The first-order valence-corrected chi connectivity index (χ1v) is 12.9. The van der Waals surface area contributed by atoms with Gasteiger partial charge in [-0.3, -0.25) is 14.9 Å². The van der Waals surface area contributed by atoms with Crippen LogP contribution >= 0.6 is 34.8 Å². The van der Waals surface area contributed by atoms with E-state index in [1.807, 2.05) is 34.6 Å². The zero-order valence-electron chi connectivity index (χ0n) is 21.3. The third-order valence-corrected chi connectivity index (χ3v) is 6.28. The van der Waals surface area contributed by atoms with E-state index in [9.17, 15) is 13.2 Å². The molecule has 12 heteroatoms. The van der Waals surface area contributed by atoms with Crippen molar-refractivity contribution in [1.82, 2.24) is 19.8 Å². The summed E-state index contributed by atoms with van der Waals surface area (Å²) in [6, 6.07) is 0. The molecule has 0 saturated heterocycles. The molecular weight excluding hydrogens is 512 g/mol. The van der Waals surface area contributed by atoms with E-state index in [4.69, 9.17) is 34.8 Å². The molecule has 2 atom stereocenters. The number of nitrogens with zero attached hydrogens (tertiary/aromatic N) is 6. The van der Waals surface area contributed by atoms with Crippen LogP contribution in [0.5, 0.6) is 0 Å². The molecule has 34 heavy (non-hydrogen) atoms. The van der Waals surface area contributed by atoms with Crippen molar-refractivity contribution in [2.45, 2.75) is 104 Å². The SMILES string of the molecule is CCCCN1N=C(C2=NN(CCCC)C(C(C)(C)C)N2C(Cl)(Cl)Cl)N(C(F)(F)F)C1C(C)(C)C. The largest absolute Gasteiger partial charge is 0.487 e. The Bertz CT molecular complexity index is 704. The summed E-state index contributed by atoms with van der Waals surface area (Å²) in [7, 11) is 0. The third-order valence-electron chi connectivity index (χ3n) is 5.73. The van der Waals surface area contributed by atoms with Crippen LogP contribution in [0, 0.1) is 10.8 Å². The highest BCUT2D eigenvalue weighted by atomic mass is 35.6. The molecule has 0 aromatic rings. The zero-order chi connectivity index (χ0) is 26.3. The number of rotatable bonds is 7. The normalized spacial score (nSPS) is 22.6. The van der Waals surface area contributed by atoms with Crippen molar-refractivity contribution in [3.05, 3.63) is 0 Å². The third kappa shape index (κ3) is 6.30. The topological polar surface area (TPSA) is 37.7 Å². The van der Waals surface area contributed by atoms with E-state index in [2.05, 4.69) is 10.2 Å². The van der Waals surface area contributed by atoms with Gasteiger partial charge in [0.05, 0.1) is 0 Å². The van der Waals surface area contributed by atoms with E-state index in [1.54, 1.807) is 25.8 Å². The summed E-state index contributed by atoms with van der Waals surface area (Å²) in [5, 5.41) is 12.3. The van der Waals surface area contributed by atoms with Gasteiger partial charge in [-0.1, -0.05) is 103 Å². The number of hydrogen-bond acceptors (Lipinski definition) is 6. The van der Waals surface area contributed by atoms with E-state index in [0.717, 1.165) is 19.3 Å². The van der Waals surface area contributed by atoms with Crippen LogP contribution in [0.2, 0.25) is 0 Å². The monoisotopic (exact) mass is 548 g/mol. The molecule has 6 nitrogen and oxygen atoms in total. The number of hydrogen-bond donors (Lipinski definition) is 0. The van der Waals surface area contributed by atoms with E-state index < -0.39 is 33.4 Å². The Morgan fingerprint density at radius 3 is 1.35 bits per heavy atom. The van der Waals surface area contributed by atoms with Crippen LogP contribution in [-0.4, -0.2) is 67.1 Å². The van der Waals surface area contributed by atoms with Gasteiger partial charge < -0.3 is 0 Å². The second-order valence-corrected chi connectivity index (χ2v) is 13.3. The molecule has 2 unspecified atom stereocenters. The maximum absolute atomic E-state index is 14.6. The van der Waals surface area contributed by atoms with Gasteiger partial charge in [0.2, 0.25) is 5.84 Å². The molecule has 198 valence electrons. The molecule has 2 aliphatic rings. The zero-order valence-corrected chi connectivity index (χ0v) is 23.6. The molecule has 2 aliphatic heterocycles. The number of unbranched alkanes of at least 4 members (excludes halogenated alkanes) is 2. The Hall–Kier alpha value is -0.800. The Balaban J connectivity index is 2.72. The maximum Gasteiger partial charge on any atom is 0.487 e. The molecule has 0 fully saturated rings. The average molecular weight is 550 g/mol. The lowest BCUT2D eigenvalue weighted by Gasteiger charge is -2.44. The van der Waals surface area contributed by atoms with Gasteiger partial charge in [0.1, 0.15) is 12.3 Å². The number of alkyl halides is 6. The van der Waals surface area contributed by atoms with Crippen molar-refractivity contribution < 1.29 is 13.2 Å². The van der Waals surface area contributed by atoms with E-state index in [0.29, 0.717) is 24.4 Å². The summed E-state index contributed by atoms with van der Waals surface area (Å²) in [6.45, 7) is 16.0. The van der Waals surface area contributed by atoms with Crippen LogP contribution in [0.15, 0.2) is 10.2 Å². The summed E-state index contributed by atoms with van der Waals surface area (Å²) in [5.74, 6) is -0.426. The molecule has 0 aromatic carbocycles. The van der Waals surface area contributed by atoms with Crippen molar-refractivity contribution in [1.29, 1.82) is 0 Å². The van der Waals surface area contributed by atoms with Crippen LogP contribution in [-0.2, 0) is 0 Å². The van der Waals surface area contributed by atoms with Gasteiger partial charge in [-0.15, -0.1) is 13.2 Å².